The molecule has 0 unspecified atom stereocenters. The molecule has 3 heterocycles. The molecule has 4 rings (SSSR count). The highest BCUT2D eigenvalue weighted by Gasteiger charge is 2.21. The predicted octanol–water partition coefficient (Wildman–Crippen LogP) is 4.32. The first-order valence-electron chi connectivity index (χ1n) is 9.93. The number of aromatic nitrogens is 5. The summed E-state index contributed by atoms with van der Waals surface area (Å²) in [6, 6.07) is 9.40. The molecule has 0 fully saturated rings. The van der Waals surface area contributed by atoms with Crippen molar-refractivity contribution in [3.63, 3.8) is 0 Å². The quantitative estimate of drug-likeness (QED) is 0.483. The van der Waals surface area contributed by atoms with E-state index in [9.17, 15) is 18.0 Å². The maximum Gasteiger partial charge on any atom is 0.264 e. The Morgan fingerprint density at radius 2 is 1.84 bits per heavy atom. The average Bonchev–Trinajstić information content (AvgIpc) is 3.21. The number of alkyl halides is 2. The number of nitrogens with one attached hydrogen (secondary N) is 1. The highest BCUT2D eigenvalue weighted by molar-refractivity contribution is 5.91. The second kappa shape index (κ2) is 8.45. The third-order valence-corrected chi connectivity index (χ3v) is 5.09. The molecule has 0 saturated heterocycles. The van der Waals surface area contributed by atoms with Gasteiger partial charge in [0.2, 0.25) is 5.91 Å². The molecular formula is C22H21F3N6O. The van der Waals surface area contributed by atoms with Crippen molar-refractivity contribution in [3.8, 4) is 0 Å². The van der Waals surface area contributed by atoms with Crippen molar-refractivity contribution in [3.05, 3.63) is 70.4 Å². The van der Waals surface area contributed by atoms with Crippen LogP contribution in [-0.2, 0) is 17.9 Å². The van der Waals surface area contributed by atoms with Crippen molar-refractivity contribution in [1.82, 2.24) is 24.5 Å². The van der Waals surface area contributed by atoms with Crippen LogP contribution >= 0.6 is 0 Å². The third-order valence-electron chi connectivity index (χ3n) is 5.09. The van der Waals surface area contributed by atoms with E-state index >= 15 is 0 Å². The number of amides is 1. The first-order chi connectivity index (χ1) is 15.2. The topological polar surface area (TPSA) is 77.6 Å². The Labute approximate surface area is 181 Å². The summed E-state index contributed by atoms with van der Waals surface area (Å²) in [7, 11) is 0. The largest absolute Gasteiger partial charge is 0.308 e. The molecule has 0 saturated carbocycles. The minimum Gasteiger partial charge on any atom is -0.308 e. The molecule has 10 heteroatoms. The van der Waals surface area contributed by atoms with E-state index in [2.05, 4.69) is 20.5 Å². The van der Waals surface area contributed by atoms with Gasteiger partial charge in [0, 0.05) is 28.6 Å². The molecule has 7 nitrogen and oxygen atoms in total. The van der Waals surface area contributed by atoms with Gasteiger partial charge in [0.25, 0.3) is 6.43 Å². The lowest BCUT2D eigenvalue weighted by Crippen LogP contribution is -2.20. The van der Waals surface area contributed by atoms with Gasteiger partial charge in [0.1, 0.15) is 12.4 Å². The van der Waals surface area contributed by atoms with Gasteiger partial charge in [-0.25, -0.2) is 22.8 Å². The number of carbonyl (C=O) groups is 1. The molecule has 166 valence electrons. The smallest absolute Gasteiger partial charge is 0.264 e. The number of hydrogen-bond donors (Lipinski definition) is 1. The van der Waals surface area contributed by atoms with Gasteiger partial charge in [-0.15, -0.1) is 0 Å². The number of fused-ring (bicyclic) bond motifs is 1. The fourth-order valence-corrected chi connectivity index (χ4v) is 3.64. The number of aryl methyl sites for hydroxylation is 3. The maximum atomic E-state index is 13.9. The van der Waals surface area contributed by atoms with Crippen molar-refractivity contribution in [1.29, 1.82) is 0 Å². The third kappa shape index (κ3) is 4.20. The lowest BCUT2D eigenvalue weighted by molar-refractivity contribution is -0.116. The van der Waals surface area contributed by atoms with Crippen molar-refractivity contribution in [2.75, 3.05) is 5.32 Å². The number of halogens is 3. The number of pyridine rings is 1. The minimum absolute atomic E-state index is 0.154. The van der Waals surface area contributed by atoms with E-state index in [-0.39, 0.29) is 35.5 Å². The van der Waals surface area contributed by atoms with Crippen molar-refractivity contribution >= 4 is 22.8 Å². The highest BCUT2D eigenvalue weighted by atomic mass is 19.3. The molecule has 32 heavy (non-hydrogen) atoms. The molecule has 1 N–H and O–H groups in total. The molecule has 0 radical (unpaired) electrons. The normalized spacial score (nSPS) is 11.5. The molecule has 4 aromatic rings. The van der Waals surface area contributed by atoms with Gasteiger partial charge >= 0.3 is 0 Å². The summed E-state index contributed by atoms with van der Waals surface area (Å²) in [6.45, 7) is 5.02. The first-order valence-corrected chi connectivity index (χ1v) is 9.93. The molecule has 0 aliphatic heterocycles. The van der Waals surface area contributed by atoms with Crippen LogP contribution in [0.15, 0.2) is 36.4 Å². The van der Waals surface area contributed by atoms with Crippen LogP contribution in [0.25, 0.3) is 11.0 Å². The van der Waals surface area contributed by atoms with Crippen LogP contribution in [0.5, 0.6) is 0 Å². The minimum atomic E-state index is -2.68. The molecule has 0 aliphatic carbocycles. The first kappa shape index (κ1) is 21.5. The van der Waals surface area contributed by atoms with Crippen LogP contribution in [0, 0.1) is 26.6 Å². The van der Waals surface area contributed by atoms with E-state index in [1.54, 1.807) is 49.7 Å². The molecule has 1 amide bonds. The van der Waals surface area contributed by atoms with E-state index in [1.807, 2.05) is 0 Å². The zero-order valence-electron chi connectivity index (χ0n) is 17.7. The van der Waals surface area contributed by atoms with Crippen LogP contribution in [0.3, 0.4) is 0 Å². The predicted molar refractivity (Wildman–Crippen MR) is 113 cm³/mol. The maximum absolute atomic E-state index is 13.9. The SMILES string of the molecule is Cc1cc(C(F)F)c2c(C)nn(CC(=O)Nc3cc(C)n(Cc4ccccc4F)n3)c2n1. The standard InChI is InChI=1S/C22H21F3N6O/c1-12-8-16(21(24)25)20-14(3)28-31(22(20)26-12)11-19(32)27-18-9-13(2)30(29-18)10-15-6-4-5-7-17(15)23/h4-9,21H,10-11H2,1-3H3,(H,27,29,32). The van der Waals surface area contributed by atoms with Crippen LogP contribution in [0.1, 0.15) is 34.6 Å². The summed E-state index contributed by atoms with van der Waals surface area (Å²) in [4.78, 5) is 16.9. The average molecular weight is 442 g/mol. The molecule has 0 bridgehead atoms. The summed E-state index contributed by atoms with van der Waals surface area (Å²) < 4.78 is 43.7. The number of rotatable bonds is 6. The van der Waals surface area contributed by atoms with Crippen molar-refractivity contribution in [2.45, 2.75) is 40.3 Å². The van der Waals surface area contributed by atoms with E-state index in [4.69, 9.17) is 0 Å². The number of hydrogen-bond acceptors (Lipinski definition) is 4. The summed E-state index contributed by atoms with van der Waals surface area (Å²) in [6.07, 6.45) is -2.68. The molecule has 1 aromatic carbocycles. The van der Waals surface area contributed by atoms with Gasteiger partial charge in [0.05, 0.1) is 17.6 Å². The van der Waals surface area contributed by atoms with Gasteiger partial charge < -0.3 is 5.32 Å². The number of nitrogens with zero attached hydrogens (tertiary/aromatic N) is 5. The Morgan fingerprint density at radius 1 is 1.09 bits per heavy atom. The van der Waals surface area contributed by atoms with E-state index in [0.717, 1.165) is 5.69 Å². The summed E-state index contributed by atoms with van der Waals surface area (Å²) in [5.41, 5.74) is 2.08. The van der Waals surface area contributed by atoms with Crippen LogP contribution in [0.2, 0.25) is 0 Å². The van der Waals surface area contributed by atoms with Crippen molar-refractivity contribution in [2.24, 2.45) is 0 Å². The number of benzene rings is 1. The lowest BCUT2D eigenvalue weighted by Gasteiger charge is -2.07. The van der Waals surface area contributed by atoms with Gasteiger partial charge in [-0.3, -0.25) is 9.48 Å². The Hall–Kier alpha value is -3.69. The monoisotopic (exact) mass is 442 g/mol. The second-order valence-electron chi connectivity index (χ2n) is 7.56. The van der Waals surface area contributed by atoms with Crippen LogP contribution in [-0.4, -0.2) is 30.5 Å². The fraction of sp³-hybridized carbons (Fsp3) is 0.273. The van der Waals surface area contributed by atoms with Crippen LogP contribution < -0.4 is 5.32 Å². The van der Waals surface area contributed by atoms with E-state index < -0.39 is 12.3 Å². The van der Waals surface area contributed by atoms with E-state index in [1.165, 1.54) is 16.8 Å². The Kier molecular flexibility index (Phi) is 5.68. The zero-order chi connectivity index (χ0) is 23.0. The Bertz CT molecular complexity index is 1310. The number of anilines is 1. The van der Waals surface area contributed by atoms with Crippen molar-refractivity contribution < 1.29 is 18.0 Å². The van der Waals surface area contributed by atoms with Gasteiger partial charge in [-0.2, -0.15) is 10.2 Å². The summed E-state index contributed by atoms with van der Waals surface area (Å²) in [5, 5.41) is 11.5. The molecular weight excluding hydrogens is 421 g/mol. The summed E-state index contributed by atoms with van der Waals surface area (Å²) >= 11 is 0. The Balaban J connectivity index is 1.54. The Morgan fingerprint density at radius 3 is 2.56 bits per heavy atom. The molecule has 0 aliphatic rings. The van der Waals surface area contributed by atoms with E-state index in [0.29, 0.717) is 22.8 Å². The van der Waals surface area contributed by atoms with Gasteiger partial charge in [0.15, 0.2) is 11.5 Å². The summed E-state index contributed by atoms with van der Waals surface area (Å²) in [5.74, 6) is -0.471. The number of carbonyl (C=O) groups excluding carboxylic acids is 1. The second-order valence-corrected chi connectivity index (χ2v) is 7.56. The van der Waals surface area contributed by atoms with Crippen LogP contribution in [0.4, 0.5) is 19.0 Å². The lowest BCUT2D eigenvalue weighted by atomic mass is 10.1. The van der Waals surface area contributed by atoms with Gasteiger partial charge in [-0.1, -0.05) is 18.2 Å². The molecule has 0 spiro atoms. The van der Waals surface area contributed by atoms with Gasteiger partial charge in [-0.05, 0) is 32.9 Å². The fourth-order valence-electron chi connectivity index (χ4n) is 3.64. The molecule has 3 aromatic heterocycles. The highest BCUT2D eigenvalue weighted by Crippen LogP contribution is 2.30. The molecule has 0 atom stereocenters. The zero-order valence-corrected chi connectivity index (χ0v) is 17.7.